The van der Waals surface area contributed by atoms with Gasteiger partial charge in [0.1, 0.15) is 0 Å². The van der Waals surface area contributed by atoms with Gasteiger partial charge in [0.05, 0.1) is 7.11 Å². The number of nitrogens with zero attached hydrogens (tertiary/aromatic N) is 1. The lowest BCUT2D eigenvalue weighted by atomic mass is 9.49. The average Bonchev–Trinajstić information content (AvgIpc) is 2.65. The minimum Gasteiger partial charge on any atom is -0.468 e. The summed E-state index contributed by atoms with van der Waals surface area (Å²) in [5.41, 5.74) is -1.47. The Bertz CT molecular complexity index is 694. The lowest BCUT2D eigenvalue weighted by molar-refractivity contribution is -0.226. The second-order valence-corrected chi connectivity index (χ2v) is 6.99. The number of esters is 1. The maximum absolute atomic E-state index is 13.5. The molecule has 26 heavy (non-hydrogen) atoms. The third kappa shape index (κ3) is 2.23. The summed E-state index contributed by atoms with van der Waals surface area (Å²) < 4.78 is 16.2. The van der Waals surface area contributed by atoms with Crippen molar-refractivity contribution in [1.29, 1.82) is 0 Å². The summed E-state index contributed by atoms with van der Waals surface area (Å²) in [5, 5.41) is 0. The molecule has 3 atom stereocenters. The van der Waals surface area contributed by atoms with Crippen LogP contribution in [0.4, 0.5) is 0 Å². The molecule has 0 unspecified atom stereocenters. The Morgan fingerprint density at radius 1 is 1.27 bits per heavy atom. The highest BCUT2D eigenvalue weighted by Crippen LogP contribution is 2.63. The first-order valence-corrected chi connectivity index (χ1v) is 8.84. The van der Waals surface area contributed by atoms with E-state index in [1.54, 1.807) is 4.90 Å². The van der Waals surface area contributed by atoms with Crippen molar-refractivity contribution in [3.05, 3.63) is 23.9 Å². The monoisotopic (exact) mass is 363 g/mol. The lowest BCUT2D eigenvalue weighted by Crippen LogP contribution is -2.69. The Morgan fingerprint density at radius 2 is 1.96 bits per heavy atom. The molecule has 7 nitrogen and oxygen atoms in total. The van der Waals surface area contributed by atoms with E-state index in [0.717, 1.165) is 0 Å². The molecule has 1 spiro atoms. The van der Waals surface area contributed by atoms with Gasteiger partial charge in [0.2, 0.25) is 5.91 Å². The number of likely N-dealkylation sites (tertiary alicyclic amines) is 1. The number of allylic oxidation sites excluding steroid dienone is 3. The van der Waals surface area contributed by atoms with E-state index in [9.17, 15) is 14.4 Å². The minimum atomic E-state index is -1.40. The molecule has 0 aromatic carbocycles. The van der Waals surface area contributed by atoms with Crippen molar-refractivity contribution in [2.75, 3.05) is 27.9 Å². The smallest absolute Gasteiger partial charge is 0.321 e. The van der Waals surface area contributed by atoms with Crippen LogP contribution in [0.1, 0.15) is 26.2 Å². The van der Waals surface area contributed by atoms with E-state index in [1.165, 1.54) is 33.5 Å². The highest BCUT2D eigenvalue weighted by Gasteiger charge is 2.70. The molecule has 1 saturated heterocycles. The van der Waals surface area contributed by atoms with Gasteiger partial charge in [-0.3, -0.25) is 14.4 Å². The average molecular weight is 363 g/mol. The van der Waals surface area contributed by atoms with Crippen LogP contribution < -0.4 is 0 Å². The SMILES string of the molecule is CCN1C(=O)[C@]2(C(=O)OC)CCC[C@@]3(C=CC(=O)C=C13)[C@@H]2C(OC)OC. The van der Waals surface area contributed by atoms with Gasteiger partial charge in [-0.2, -0.15) is 0 Å². The zero-order valence-electron chi connectivity index (χ0n) is 15.6. The van der Waals surface area contributed by atoms with Gasteiger partial charge in [0, 0.05) is 43.9 Å². The molecule has 3 aliphatic rings. The molecule has 7 heteroatoms. The Morgan fingerprint density at radius 3 is 2.54 bits per heavy atom. The summed E-state index contributed by atoms with van der Waals surface area (Å²) in [5.74, 6) is -1.70. The Labute approximate surface area is 152 Å². The van der Waals surface area contributed by atoms with Crippen molar-refractivity contribution in [2.24, 2.45) is 16.7 Å². The number of fused-ring (bicyclic) bond motifs is 1. The summed E-state index contributed by atoms with van der Waals surface area (Å²) >= 11 is 0. The van der Waals surface area contributed by atoms with Gasteiger partial charge in [0.15, 0.2) is 17.5 Å². The van der Waals surface area contributed by atoms with E-state index in [1.807, 2.05) is 13.0 Å². The molecule has 1 amide bonds. The van der Waals surface area contributed by atoms with E-state index < -0.39 is 29.0 Å². The molecule has 2 fully saturated rings. The van der Waals surface area contributed by atoms with Crippen molar-refractivity contribution in [2.45, 2.75) is 32.5 Å². The van der Waals surface area contributed by atoms with E-state index in [4.69, 9.17) is 14.2 Å². The van der Waals surface area contributed by atoms with Gasteiger partial charge in [-0.15, -0.1) is 0 Å². The largest absolute Gasteiger partial charge is 0.468 e. The standard InChI is InChI=1S/C19H25NO6/c1-5-20-13-11-12(21)7-10-18(13)8-6-9-19(16(20)22,17(23)26-4)14(18)15(24-2)25-3/h7,10-11,14-15H,5-6,8-9H2,1-4H3/t14-,18-,19-/m0/s1. The first-order valence-electron chi connectivity index (χ1n) is 8.84. The van der Waals surface area contributed by atoms with Crippen LogP contribution in [-0.2, 0) is 28.6 Å². The van der Waals surface area contributed by atoms with Gasteiger partial charge in [-0.1, -0.05) is 12.5 Å². The van der Waals surface area contributed by atoms with Crippen LogP contribution in [0, 0.1) is 16.7 Å². The molecule has 3 rings (SSSR count). The first kappa shape index (κ1) is 18.8. The number of piperidine rings is 1. The van der Waals surface area contributed by atoms with Crippen molar-refractivity contribution in [3.63, 3.8) is 0 Å². The van der Waals surface area contributed by atoms with E-state index in [0.29, 0.717) is 31.5 Å². The molecule has 142 valence electrons. The van der Waals surface area contributed by atoms with Gasteiger partial charge < -0.3 is 19.1 Å². The third-order valence-electron chi connectivity index (χ3n) is 6.07. The van der Waals surface area contributed by atoms with Crippen molar-refractivity contribution < 1.29 is 28.6 Å². The second-order valence-electron chi connectivity index (χ2n) is 6.99. The highest BCUT2D eigenvalue weighted by atomic mass is 16.7. The predicted octanol–water partition coefficient (Wildman–Crippen LogP) is 1.44. The lowest BCUT2D eigenvalue weighted by Gasteiger charge is -2.60. The number of rotatable bonds is 5. The zero-order valence-corrected chi connectivity index (χ0v) is 15.6. The van der Waals surface area contributed by atoms with Gasteiger partial charge in [-0.05, 0) is 25.8 Å². The number of amides is 1. The summed E-state index contributed by atoms with van der Waals surface area (Å²) in [4.78, 5) is 40.1. The fraction of sp³-hybridized carbons (Fsp3) is 0.632. The van der Waals surface area contributed by atoms with Crippen molar-refractivity contribution in [1.82, 2.24) is 4.90 Å². The van der Waals surface area contributed by atoms with Crippen LogP contribution in [0.5, 0.6) is 0 Å². The Kier molecular flexibility index (Phi) is 4.79. The number of methoxy groups -OCH3 is 3. The molecule has 1 aliphatic heterocycles. The fourth-order valence-corrected chi connectivity index (χ4v) is 5.09. The van der Waals surface area contributed by atoms with Crippen LogP contribution in [0.25, 0.3) is 0 Å². The van der Waals surface area contributed by atoms with Crippen LogP contribution in [0.15, 0.2) is 23.9 Å². The van der Waals surface area contributed by atoms with Crippen LogP contribution in [-0.4, -0.2) is 56.7 Å². The zero-order chi connectivity index (χ0) is 19.1. The molecule has 0 radical (unpaired) electrons. The molecule has 0 aromatic rings. The van der Waals surface area contributed by atoms with Gasteiger partial charge in [0.25, 0.3) is 0 Å². The summed E-state index contributed by atoms with van der Waals surface area (Å²) in [6, 6.07) is 0. The molecule has 1 heterocycles. The molecular formula is C19H25NO6. The van der Waals surface area contributed by atoms with E-state index >= 15 is 0 Å². The topological polar surface area (TPSA) is 82.1 Å². The van der Waals surface area contributed by atoms with Crippen LogP contribution in [0.3, 0.4) is 0 Å². The summed E-state index contributed by atoms with van der Waals surface area (Å²) in [7, 11) is 4.27. The number of hydrogen-bond acceptors (Lipinski definition) is 6. The minimum absolute atomic E-state index is 0.168. The Hall–Kier alpha value is -1.99. The van der Waals surface area contributed by atoms with Gasteiger partial charge in [-0.25, -0.2) is 0 Å². The van der Waals surface area contributed by atoms with Crippen molar-refractivity contribution in [3.8, 4) is 0 Å². The molecule has 2 aliphatic carbocycles. The maximum Gasteiger partial charge on any atom is 0.321 e. The molecule has 2 bridgehead atoms. The van der Waals surface area contributed by atoms with E-state index in [-0.39, 0.29) is 11.7 Å². The number of ketones is 1. The molecule has 0 N–H and O–H groups in total. The second kappa shape index (κ2) is 6.63. The Balaban J connectivity index is 2.32. The molecule has 1 saturated carbocycles. The maximum atomic E-state index is 13.5. The van der Waals surface area contributed by atoms with Gasteiger partial charge >= 0.3 is 5.97 Å². The number of carbonyl (C=O) groups is 3. The summed E-state index contributed by atoms with van der Waals surface area (Å²) in [6.45, 7) is 2.20. The number of ether oxygens (including phenoxy) is 3. The highest BCUT2D eigenvalue weighted by molar-refractivity contribution is 6.08. The molecular weight excluding hydrogens is 338 g/mol. The quantitative estimate of drug-likeness (QED) is 0.418. The number of hydrogen-bond donors (Lipinski definition) is 0. The number of carbonyl (C=O) groups excluding carboxylic acids is 3. The predicted molar refractivity (Wildman–Crippen MR) is 91.6 cm³/mol. The van der Waals surface area contributed by atoms with Crippen molar-refractivity contribution >= 4 is 17.7 Å². The van der Waals surface area contributed by atoms with Crippen LogP contribution >= 0.6 is 0 Å². The molecule has 0 aromatic heterocycles. The van der Waals surface area contributed by atoms with E-state index in [2.05, 4.69) is 0 Å². The fourth-order valence-electron chi connectivity index (χ4n) is 5.09. The summed E-state index contributed by atoms with van der Waals surface area (Å²) in [6.07, 6.45) is 5.76. The normalized spacial score (nSPS) is 33.2. The third-order valence-corrected chi connectivity index (χ3v) is 6.07. The first-order chi connectivity index (χ1) is 12.4. The van der Waals surface area contributed by atoms with Crippen LogP contribution in [0.2, 0.25) is 0 Å².